The number of aryl methyl sites for hydroxylation is 3. The minimum atomic E-state index is -0.474. The fourth-order valence-electron chi connectivity index (χ4n) is 3.85. The van der Waals surface area contributed by atoms with Crippen LogP contribution in [0.3, 0.4) is 0 Å². The second-order valence-electron chi connectivity index (χ2n) is 8.06. The summed E-state index contributed by atoms with van der Waals surface area (Å²) in [5.41, 5.74) is 13.4. The van der Waals surface area contributed by atoms with Gasteiger partial charge in [0.05, 0.1) is 11.9 Å². The Bertz CT molecular complexity index is 1100. The van der Waals surface area contributed by atoms with Crippen molar-refractivity contribution < 1.29 is 9.42 Å². The number of hydrogen-bond donors (Lipinski definition) is 2. The fourth-order valence-corrected chi connectivity index (χ4v) is 3.85. The molecule has 3 aromatic rings. The Morgan fingerprint density at radius 2 is 1.85 bits per heavy atom. The van der Waals surface area contributed by atoms with E-state index in [1.54, 1.807) is 6.21 Å². The first-order valence-corrected chi connectivity index (χ1v) is 11.0. The quantitative estimate of drug-likeness (QED) is 0.352. The molecule has 0 aliphatic carbocycles. The molecular formula is C22H31N9O2. The Morgan fingerprint density at radius 3 is 2.42 bits per heavy atom. The molecule has 0 atom stereocenters. The predicted octanol–water partition coefficient (Wildman–Crippen LogP) is 2.54. The normalized spacial score (nSPS) is 11.6. The van der Waals surface area contributed by atoms with Crippen LogP contribution >= 0.6 is 0 Å². The molecule has 0 spiro atoms. The molecular weight excluding hydrogens is 422 g/mol. The summed E-state index contributed by atoms with van der Waals surface area (Å²) in [4.78, 5) is 15.2. The molecule has 1 amide bonds. The smallest absolute Gasteiger partial charge is 0.293 e. The SMILES string of the molecule is CCCN(CCC)Cc1c(C(=O)NN=Cc2c(C)cc(C)cc2C)nnn1-c1nonc1N. The zero-order chi connectivity index (χ0) is 24.0. The van der Waals surface area contributed by atoms with Crippen LogP contribution in [-0.2, 0) is 6.54 Å². The lowest BCUT2D eigenvalue weighted by atomic mass is 10.0. The van der Waals surface area contributed by atoms with Gasteiger partial charge in [-0.25, -0.2) is 10.1 Å². The van der Waals surface area contributed by atoms with Gasteiger partial charge in [-0.3, -0.25) is 9.69 Å². The third-order valence-corrected chi connectivity index (χ3v) is 5.23. The Balaban J connectivity index is 1.89. The number of carbonyl (C=O) groups is 1. The lowest BCUT2D eigenvalue weighted by Crippen LogP contribution is -2.28. The molecule has 0 saturated carbocycles. The molecule has 11 heteroatoms. The molecule has 1 aromatic carbocycles. The van der Waals surface area contributed by atoms with Crippen molar-refractivity contribution in [2.24, 2.45) is 5.10 Å². The van der Waals surface area contributed by atoms with Crippen LogP contribution < -0.4 is 11.2 Å². The van der Waals surface area contributed by atoms with E-state index in [0.29, 0.717) is 12.2 Å². The minimum Gasteiger partial charge on any atom is -0.378 e. The number of carbonyl (C=O) groups excluding carboxylic acids is 1. The molecule has 0 fully saturated rings. The van der Waals surface area contributed by atoms with Gasteiger partial charge in [0.1, 0.15) is 0 Å². The second-order valence-corrected chi connectivity index (χ2v) is 8.06. The highest BCUT2D eigenvalue weighted by Crippen LogP contribution is 2.18. The van der Waals surface area contributed by atoms with Crippen molar-refractivity contribution in [2.75, 3.05) is 18.8 Å². The molecule has 2 aromatic heterocycles. The molecule has 176 valence electrons. The van der Waals surface area contributed by atoms with E-state index in [4.69, 9.17) is 10.4 Å². The molecule has 2 heterocycles. The van der Waals surface area contributed by atoms with Gasteiger partial charge in [-0.2, -0.15) is 9.78 Å². The van der Waals surface area contributed by atoms with Crippen molar-refractivity contribution in [2.45, 2.75) is 54.0 Å². The number of nitrogens with one attached hydrogen (secondary N) is 1. The van der Waals surface area contributed by atoms with E-state index >= 15 is 0 Å². The van der Waals surface area contributed by atoms with Crippen molar-refractivity contribution in [1.82, 2.24) is 35.6 Å². The summed E-state index contributed by atoms with van der Waals surface area (Å²) in [7, 11) is 0. The summed E-state index contributed by atoms with van der Waals surface area (Å²) in [6.07, 6.45) is 3.58. The summed E-state index contributed by atoms with van der Waals surface area (Å²) in [6.45, 7) is 12.4. The Morgan fingerprint density at radius 1 is 1.18 bits per heavy atom. The monoisotopic (exact) mass is 453 g/mol. The molecule has 0 aliphatic heterocycles. The van der Waals surface area contributed by atoms with E-state index in [9.17, 15) is 4.79 Å². The number of amides is 1. The van der Waals surface area contributed by atoms with Crippen molar-refractivity contribution in [1.29, 1.82) is 0 Å². The van der Waals surface area contributed by atoms with Gasteiger partial charge in [0.15, 0.2) is 5.69 Å². The largest absolute Gasteiger partial charge is 0.378 e. The number of anilines is 1. The lowest BCUT2D eigenvalue weighted by Gasteiger charge is -2.21. The number of aromatic nitrogens is 5. The number of nitrogens with zero attached hydrogens (tertiary/aromatic N) is 7. The molecule has 3 rings (SSSR count). The van der Waals surface area contributed by atoms with Crippen LogP contribution in [0.1, 0.15) is 65.1 Å². The number of hydrogen-bond acceptors (Lipinski definition) is 9. The first-order valence-electron chi connectivity index (χ1n) is 11.0. The van der Waals surface area contributed by atoms with Gasteiger partial charge in [0, 0.05) is 12.1 Å². The third-order valence-electron chi connectivity index (χ3n) is 5.23. The van der Waals surface area contributed by atoms with E-state index < -0.39 is 5.91 Å². The van der Waals surface area contributed by atoms with Crippen LogP contribution in [0.2, 0.25) is 0 Å². The molecule has 33 heavy (non-hydrogen) atoms. The van der Waals surface area contributed by atoms with Crippen LogP contribution in [0.25, 0.3) is 5.82 Å². The molecule has 0 bridgehead atoms. The van der Waals surface area contributed by atoms with Crippen molar-refractivity contribution in [3.05, 3.63) is 45.8 Å². The molecule has 0 aliphatic rings. The highest BCUT2D eigenvalue weighted by Gasteiger charge is 2.25. The van der Waals surface area contributed by atoms with Gasteiger partial charge in [-0.15, -0.1) is 5.10 Å². The van der Waals surface area contributed by atoms with E-state index in [1.807, 2.05) is 20.8 Å². The summed E-state index contributed by atoms with van der Waals surface area (Å²) < 4.78 is 6.12. The molecule has 0 radical (unpaired) electrons. The van der Waals surface area contributed by atoms with Gasteiger partial charge >= 0.3 is 0 Å². The average Bonchev–Trinajstić information content (AvgIpc) is 3.36. The highest BCUT2D eigenvalue weighted by atomic mass is 16.6. The number of hydrazone groups is 1. The van der Waals surface area contributed by atoms with E-state index in [-0.39, 0.29) is 17.3 Å². The number of nitrogens with two attached hydrogens (primary N) is 1. The number of benzene rings is 1. The van der Waals surface area contributed by atoms with Crippen LogP contribution in [0.5, 0.6) is 0 Å². The summed E-state index contributed by atoms with van der Waals surface area (Å²) >= 11 is 0. The maximum absolute atomic E-state index is 13.0. The predicted molar refractivity (Wildman–Crippen MR) is 125 cm³/mol. The summed E-state index contributed by atoms with van der Waals surface area (Å²) in [5.74, 6) is -0.217. The molecule has 0 saturated heterocycles. The maximum atomic E-state index is 13.0. The lowest BCUT2D eigenvalue weighted by molar-refractivity contribution is 0.0947. The van der Waals surface area contributed by atoms with Gasteiger partial charge in [-0.05, 0) is 68.1 Å². The van der Waals surface area contributed by atoms with Gasteiger partial charge in [-0.1, -0.05) is 36.8 Å². The molecule has 3 N–H and O–H groups in total. The Kier molecular flexibility index (Phi) is 7.88. The Hall–Kier alpha value is -3.60. The fraction of sp³-hybridized carbons (Fsp3) is 0.455. The third kappa shape index (κ3) is 5.61. The number of rotatable bonds is 10. The highest BCUT2D eigenvalue weighted by molar-refractivity contribution is 5.94. The topological polar surface area (TPSA) is 140 Å². The summed E-state index contributed by atoms with van der Waals surface area (Å²) in [5, 5.41) is 19.8. The first kappa shape index (κ1) is 24.1. The van der Waals surface area contributed by atoms with Crippen LogP contribution in [0, 0.1) is 20.8 Å². The molecule has 11 nitrogen and oxygen atoms in total. The van der Waals surface area contributed by atoms with E-state index in [1.165, 1.54) is 10.2 Å². The van der Waals surface area contributed by atoms with Gasteiger partial charge in [0.2, 0.25) is 11.6 Å². The first-order chi connectivity index (χ1) is 15.8. The maximum Gasteiger partial charge on any atom is 0.293 e. The van der Waals surface area contributed by atoms with Crippen molar-refractivity contribution in [3.63, 3.8) is 0 Å². The zero-order valence-electron chi connectivity index (χ0n) is 19.8. The van der Waals surface area contributed by atoms with Gasteiger partial charge in [0.25, 0.3) is 5.91 Å². The molecule has 0 unspecified atom stereocenters. The van der Waals surface area contributed by atoms with E-state index in [0.717, 1.165) is 42.6 Å². The Labute approximate surface area is 193 Å². The average molecular weight is 454 g/mol. The second kappa shape index (κ2) is 10.8. The van der Waals surface area contributed by atoms with Gasteiger partial charge < -0.3 is 5.73 Å². The number of nitrogen functional groups attached to an aromatic ring is 1. The van der Waals surface area contributed by atoms with Crippen molar-refractivity contribution >= 4 is 17.9 Å². The van der Waals surface area contributed by atoms with E-state index in [2.05, 4.69) is 62.0 Å². The van der Waals surface area contributed by atoms with Crippen LogP contribution in [-0.4, -0.2) is 55.4 Å². The minimum absolute atomic E-state index is 0.0639. The summed E-state index contributed by atoms with van der Waals surface area (Å²) in [6, 6.07) is 4.15. The van der Waals surface area contributed by atoms with Crippen LogP contribution in [0.4, 0.5) is 5.82 Å². The van der Waals surface area contributed by atoms with Crippen molar-refractivity contribution in [3.8, 4) is 5.82 Å². The van der Waals surface area contributed by atoms with Crippen LogP contribution in [0.15, 0.2) is 21.9 Å². The standard InChI is InChI=1S/C22H31N9O2/c1-6-8-30(9-7-2)13-18-19(25-29-31(18)21-20(23)27-33-28-21)22(32)26-24-12-17-15(4)10-14(3)11-16(17)5/h10-12H,6-9,13H2,1-5H3,(H2,23,27)(H,26,32). The zero-order valence-corrected chi connectivity index (χ0v) is 19.8.